The average molecular weight is 223 g/mol. The molecule has 1 unspecified atom stereocenters. The molecule has 0 fully saturated rings. The van der Waals surface area contributed by atoms with Crippen molar-refractivity contribution >= 4 is 5.82 Å². The molecule has 1 rings (SSSR count). The molecule has 0 aliphatic rings. The summed E-state index contributed by atoms with van der Waals surface area (Å²) in [5.74, 6) is 2.04. The van der Waals surface area contributed by atoms with Crippen LogP contribution in [-0.2, 0) is 0 Å². The molecule has 16 heavy (non-hydrogen) atoms. The van der Waals surface area contributed by atoms with Crippen LogP contribution in [0.2, 0.25) is 0 Å². The molecular formula is C12H21N3O. The molecule has 1 N–H and O–H groups in total. The maximum atomic E-state index is 9.13. The van der Waals surface area contributed by atoms with Crippen molar-refractivity contribution in [3.63, 3.8) is 0 Å². The summed E-state index contributed by atoms with van der Waals surface area (Å²) in [4.78, 5) is 10.9. The first-order valence-corrected chi connectivity index (χ1v) is 5.65. The third kappa shape index (κ3) is 2.92. The maximum absolute atomic E-state index is 9.13. The van der Waals surface area contributed by atoms with Gasteiger partial charge >= 0.3 is 0 Å². The van der Waals surface area contributed by atoms with E-state index in [1.165, 1.54) is 0 Å². The van der Waals surface area contributed by atoms with Crippen molar-refractivity contribution < 1.29 is 5.11 Å². The molecule has 0 aliphatic carbocycles. The Kier molecular flexibility index (Phi) is 4.24. The molecule has 0 bridgehead atoms. The van der Waals surface area contributed by atoms with Gasteiger partial charge in [0.2, 0.25) is 0 Å². The Bertz CT molecular complexity index is 352. The summed E-state index contributed by atoms with van der Waals surface area (Å²) in [5.41, 5.74) is 0.964. The van der Waals surface area contributed by atoms with Crippen LogP contribution in [-0.4, -0.2) is 34.8 Å². The van der Waals surface area contributed by atoms with E-state index in [9.17, 15) is 0 Å². The van der Waals surface area contributed by atoms with Crippen LogP contribution in [0.4, 0.5) is 5.82 Å². The number of hydrogen-bond donors (Lipinski definition) is 1. The second-order valence-corrected chi connectivity index (χ2v) is 4.52. The first kappa shape index (κ1) is 12.9. The topological polar surface area (TPSA) is 49.2 Å². The molecule has 0 saturated carbocycles. The zero-order chi connectivity index (χ0) is 12.3. The lowest BCUT2D eigenvalue weighted by atomic mass is 10.2. The summed E-state index contributed by atoms with van der Waals surface area (Å²) in [6.07, 6.45) is 0. The van der Waals surface area contributed by atoms with Gasteiger partial charge in [-0.25, -0.2) is 9.97 Å². The summed E-state index contributed by atoms with van der Waals surface area (Å²) >= 11 is 0. The highest BCUT2D eigenvalue weighted by atomic mass is 16.3. The van der Waals surface area contributed by atoms with Gasteiger partial charge in [0.1, 0.15) is 11.6 Å². The summed E-state index contributed by atoms with van der Waals surface area (Å²) in [7, 11) is 1.94. The highest BCUT2D eigenvalue weighted by Crippen LogP contribution is 2.17. The summed E-state index contributed by atoms with van der Waals surface area (Å²) < 4.78 is 0. The van der Waals surface area contributed by atoms with Crippen molar-refractivity contribution in [2.45, 2.75) is 39.7 Å². The van der Waals surface area contributed by atoms with Crippen molar-refractivity contribution in [3.8, 4) is 0 Å². The molecule has 0 spiro atoms. The summed E-state index contributed by atoms with van der Waals surface area (Å²) in [6.45, 7) is 8.21. The largest absolute Gasteiger partial charge is 0.394 e. The van der Waals surface area contributed by atoms with E-state index in [1.807, 2.05) is 31.9 Å². The molecule has 0 aromatic carbocycles. The van der Waals surface area contributed by atoms with Crippen molar-refractivity contribution in [2.75, 3.05) is 18.6 Å². The van der Waals surface area contributed by atoms with Gasteiger partial charge in [0.05, 0.1) is 12.6 Å². The van der Waals surface area contributed by atoms with Gasteiger partial charge in [-0.3, -0.25) is 0 Å². The molecule has 90 valence electrons. The smallest absolute Gasteiger partial charge is 0.133 e. The van der Waals surface area contributed by atoms with E-state index < -0.39 is 0 Å². The van der Waals surface area contributed by atoms with Gasteiger partial charge in [0.15, 0.2) is 0 Å². The molecule has 0 saturated heterocycles. The van der Waals surface area contributed by atoms with Crippen LogP contribution in [0.25, 0.3) is 0 Å². The van der Waals surface area contributed by atoms with Gasteiger partial charge in [-0.15, -0.1) is 0 Å². The molecule has 4 heteroatoms. The number of aliphatic hydroxyl groups is 1. The highest BCUT2D eigenvalue weighted by molar-refractivity contribution is 5.40. The Morgan fingerprint density at radius 1 is 1.31 bits per heavy atom. The minimum Gasteiger partial charge on any atom is -0.394 e. The van der Waals surface area contributed by atoms with Gasteiger partial charge in [0, 0.05) is 24.7 Å². The van der Waals surface area contributed by atoms with Gasteiger partial charge < -0.3 is 10.0 Å². The van der Waals surface area contributed by atoms with E-state index in [4.69, 9.17) is 5.11 Å². The van der Waals surface area contributed by atoms with Crippen LogP contribution in [0.3, 0.4) is 0 Å². The molecule has 1 aromatic heterocycles. The minimum absolute atomic E-state index is 0.0642. The highest BCUT2D eigenvalue weighted by Gasteiger charge is 2.13. The lowest BCUT2D eigenvalue weighted by Gasteiger charge is -2.25. The predicted octanol–water partition coefficient (Wildman–Crippen LogP) is 1.73. The van der Waals surface area contributed by atoms with Crippen molar-refractivity contribution in [1.29, 1.82) is 0 Å². The maximum Gasteiger partial charge on any atom is 0.133 e. The van der Waals surface area contributed by atoms with Crippen LogP contribution in [0.15, 0.2) is 6.07 Å². The number of likely N-dealkylation sites (N-methyl/N-ethyl adjacent to an activating group) is 1. The molecule has 1 atom stereocenters. The second-order valence-electron chi connectivity index (χ2n) is 4.52. The lowest BCUT2D eigenvalue weighted by molar-refractivity contribution is 0.269. The third-order valence-electron chi connectivity index (χ3n) is 2.66. The Hall–Kier alpha value is -1.16. The summed E-state index contributed by atoms with van der Waals surface area (Å²) in [6, 6.07) is 2.01. The Labute approximate surface area is 97.3 Å². The molecular weight excluding hydrogens is 202 g/mol. The Morgan fingerprint density at radius 3 is 2.44 bits per heavy atom. The monoisotopic (exact) mass is 223 g/mol. The molecule has 0 aliphatic heterocycles. The fourth-order valence-electron chi connectivity index (χ4n) is 1.36. The molecule has 0 radical (unpaired) electrons. The van der Waals surface area contributed by atoms with E-state index in [0.29, 0.717) is 5.92 Å². The van der Waals surface area contributed by atoms with Crippen LogP contribution < -0.4 is 4.90 Å². The fraction of sp³-hybridized carbons (Fsp3) is 0.667. The molecule has 4 nitrogen and oxygen atoms in total. The molecule has 1 aromatic rings. The van der Waals surface area contributed by atoms with E-state index in [0.717, 1.165) is 17.3 Å². The summed E-state index contributed by atoms with van der Waals surface area (Å²) in [5, 5.41) is 9.13. The minimum atomic E-state index is 0.0642. The predicted molar refractivity (Wildman–Crippen MR) is 65.8 cm³/mol. The van der Waals surface area contributed by atoms with Gasteiger partial charge in [0.25, 0.3) is 0 Å². The number of aliphatic hydroxyl groups excluding tert-OH is 1. The number of aryl methyl sites for hydroxylation is 1. The van der Waals surface area contributed by atoms with Crippen LogP contribution >= 0.6 is 0 Å². The van der Waals surface area contributed by atoms with Crippen molar-refractivity contribution in [2.24, 2.45) is 0 Å². The number of hydrogen-bond acceptors (Lipinski definition) is 4. The standard InChI is InChI=1S/C12H21N3O/c1-8(2)12-13-9(3)6-11(14-12)15(5)10(4)7-16/h6,8,10,16H,7H2,1-5H3. The average Bonchev–Trinajstić information content (AvgIpc) is 2.26. The van der Waals surface area contributed by atoms with E-state index in [-0.39, 0.29) is 12.6 Å². The third-order valence-corrected chi connectivity index (χ3v) is 2.66. The second kappa shape index (κ2) is 5.25. The zero-order valence-electron chi connectivity index (χ0n) is 10.7. The van der Waals surface area contributed by atoms with Crippen LogP contribution in [0, 0.1) is 6.92 Å². The first-order valence-electron chi connectivity index (χ1n) is 5.65. The van der Waals surface area contributed by atoms with E-state index >= 15 is 0 Å². The normalized spacial score (nSPS) is 12.9. The fourth-order valence-corrected chi connectivity index (χ4v) is 1.36. The van der Waals surface area contributed by atoms with E-state index in [2.05, 4.69) is 23.8 Å². The number of aromatic nitrogens is 2. The number of rotatable bonds is 4. The quantitative estimate of drug-likeness (QED) is 0.844. The zero-order valence-corrected chi connectivity index (χ0v) is 10.7. The van der Waals surface area contributed by atoms with Crippen molar-refractivity contribution in [1.82, 2.24) is 9.97 Å². The van der Waals surface area contributed by atoms with Crippen LogP contribution in [0.5, 0.6) is 0 Å². The van der Waals surface area contributed by atoms with Crippen LogP contribution in [0.1, 0.15) is 38.2 Å². The van der Waals surface area contributed by atoms with Gasteiger partial charge in [-0.2, -0.15) is 0 Å². The Morgan fingerprint density at radius 2 is 1.94 bits per heavy atom. The van der Waals surface area contributed by atoms with Gasteiger partial charge in [-0.05, 0) is 13.8 Å². The Balaban J connectivity index is 3.04. The van der Waals surface area contributed by atoms with E-state index in [1.54, 1.807) is 0 Å². The lowest BCUT2D eigenvalue weighted by Crippen LogP contribution is -2.32. The SMILES string of the molecule is Cc1cc(N(C)C(C)CO)nc(C(C)C)n1. The molecule has 1 heterocycles. The first-order chi connectivity index (χ1) is 7.45. The van der Waals surface area contributed by atoms with Gasteiger partial charge in [-0.1, -0.05) is 13.8 Å². The number of anilines is 1. The number of nitrogens with zero attached hydrogens (tertiary/aromatic N) is 3. The van der Waals surface area contributed by atoms with Crippen molar-refractivity contribution in [3.05, 3.63) is 17.6 Å². The molecule has 0 amide bonds.